The molecule has 0 aliphatic carbocycles. The van der Waals surface area contributed by atoms with E-state index in [1.807, 2.05) is 6.92 Å². The largest absolute Gasteiger partial charge is 0.459 e. The zero-order valence-electron chi connectivity index (χ0n) is 9.17. The highest BCUT2D eigenvalue weighted by Crippen LogP contribution is 2.13. The molecule has 5 nitrogen and oxygen atoms in total. The Hall–Kier alpha value is -1.91. The second kappa shape index (κ2) is 5.25. The fourth-order valence-corrected chi connectivity index (χ4v) is 1.05. The van der Waals surface area contributed by atoms with Crippen LogP contribution in [0.1, 0.15) is 30.6 Å². The number of carbonyl (C=O) groups is 1. The molecule has 5 heteroatoms. The first kappa shape index (κ1) is 12.2. The molecule has 1 atom stereocenters. The molecule has 0 fully saturated rings. The van der Waals surface area contributed by atoms with E-state index in [0.717, 1.165) is 6.42 Å². The Kier molecular flexibility index (Phi) is 3.99. The van der Waals surface area contributed by atoms with Crippen LogP contribution in [0.3, 0.4) is 0 Å². The Morgan fingerprint density at radius 1 is 1.44 bits per heavy atom. The van der Waals surface area contributed by atoms with Gasteiger partial charge in [0, 0.05) is 12.1 Å². The van der Waals surface area contributed by atoms with E-state index in [0.29, 0.717) is 5.56 Å². The van der Waals surface area contributed by atoms with Crippen molar-refractivity contribution in [1.82, 2.24) is 0 Å². The van der Waals surface area contributed by atoms with E-state index in [9.17, 15) is 14.9 Å². The van der Waals surface area contributed by atoms with Gasteiger partial charge in [-0.25, -0.2) is 4.79 Å². The monoisotopic (exact) mass is 223 g/mol. The van der Waals surface area contributed by atoms with Gasteiger partial charge >= 0.3 is 5.97 Å². The van der Waals surface area contributed by atoms with E-state index < -0.39 is 10.9 Å². The minimum Gasteiger partial charge on any atom is -0.459 e. The fourth-order valence-electron chi connectivity index (χ4n) is 1.05. The first-order chi connectivity index (χ1) is 7.54. The molecule has 1 aromatic carbocycles. The molecule has 1 unspecified atom stereocenters. The summed E-state index contributed by atoms with van der Waals surface area (Å²) >= 11 is 0. The highest BCUT2D eigenvalue weighted by molar-refractivity contribution is 5.89. The van der Waals surface area contributed by atoms with Gasteiger partial charge in [0.2, 0.25) is 0 Å². The molecule has 0 aliphatic rings. The minimum atomic E-state index is -0.510. The summed E-state index contributed by atoms with van der Waals surface area (Å²) in [6.45, 7) is 3.71. The van der Waals surface area contributed by atoms with E-state index in [-0.39, 0.29) is 11.8 Å². The fraction of sp³-hybridized carbons (Fsp3) is 0.364. The van der Waals surface area contributed by atoms with Gasteiger partial charge in [-0.15, -0.1) is 0 Å². The Labute approximate surface area is 93.2 Å². The quantitative estimate of drug-likeness (QED) is 0.447. The Morgan fingerprint density at radius 2 is 2.00 bits per heavy atom. The molecule has 86 valence electrons. The van der Waals surface area contributed by atoms with Crippen molar-refractivity contribution in [2.24, 2.45) is 0 Å². The SMILES string of the molecule is CCC(C)OC(=O)c1ccc([N+](=O)[O-])cc1. The number of rotatable bonds is 4. The molecule has 0 spiro atoms. The predicted molar refractivity (Wildman–Crippen MR) is 58.3 cm³/mol. The molecule has 16 heavy (non-hydrogen) atoms. The minimum absolute atomic E-state index is 0.0416. The van der Waals surface area contributed by atoms with Crippen molar-refractivity contribution in [3.8, 4) is 0 Å². The van der Waals surface area contributed by atoms with Crippen molar-refractivity contribution in [3.63, 3.8) is 0 Å². The maximum atomic E-state index is 11.5. The van der Waals surface area contributed by atoms with Crippen LogP contribution in [0.15, 0.2) is 24.3 Å². The number of nitro groups is 1. The molecular weight excluding hydrogens is 210 g/mol. The standard InChI is InChI=1S/C11H13NO4/c1-3-8(2)16-11(13)9-4-6-10(7-5-9)12(14)15/h4-8H,3H2,1-2H3. The first-order valence-electron chi connectivity index (χ1n) is 5.00. The highest BCUT2D eigenvalue weighted by Gasteiger charge is 2.12. The van der Waals surface area contributed by atoms with Crippen LogP contribution >= 0.6 is 0 Å². The van der Waals surface area contributed by atoms with Gasteiger partial charge in [0.1, 0.15) is 0 Å². The lowest BCUT2D eigenvalue weighted by atomic mass is 10.2. The van der Waals surface area contributed by atoms with Crippen molar-refractivity contribution >= 4 is 11.7 Å². The van der Waals surface area contributed by atoms with Crippen LogP contribution in [0.2, 0.25) is 0 Å². The van der Waals surface area contributed by atoms with E-state index in [2.05, 4.69) is 0 Å². The van der Waals surface area contributed by atoms with Gasteiger partial charge in [0.25, 0.3) is 5.69 Å². The third-order valence-corrected chi connectivity index (χ3v) is 2.20. The van der Waals surface area contributed by atoms with Crippen LogP contribution in [0.5, 0.6) is 0 Å². The zero-order valence-corrected chi connectivity index (χ0v) is 9.17. The van der Waals surface area contributed by atoms with Crippen molar-refractivity contribution in [1.29, 1.82) is 0 Å². The van der Waals surface area contributed by atoms with Crippen LogP contribution in [0.25, 0.3) is 0 Å². The number of ether oxygens (including phenoxy) is 1. The molecule has 0 N–H and O–H groups in total. The van der Waals surface area contributed by atoms with E-state index in [1.165, 1.54) is 24.3 Å². The van der Waals surface area contributed by atoms with Crippen molar-refractivity contribution < 1.29 is 14.5 Å². The molecule has 0 bridgehead atoms. The summed E-state index contributed by atoms with van der Waals surface area (Å²) in [5, 5.41) is 10.4. The maximum absolute atomic E-state index is 11.5. The lowest BCUT2D eigenvalue weighted by Crippen LogP contribution is -2.13. The van der Waals surface area contributed by atoms with Gasteiger partial charge in [0.05, 0.1) is 16.6 Å². The summed E-state index contributed by atoms with van der Waals surface area (Å²) in [4.78, 5) is 21.4. The van der Waals surface area contributed by atoms with Gasteiger partial charge in [-0.2, -0.15) is 0 Å². The molecule has 0 aromatic heterocycles. The topological polar surface area (TPSA) is 69.4 Å². The Bertz CT molecular complexity index is 385. The lowest BCUT2D eigenvalue weighted by molar-refractivity contribution is -0.384. The molecule has 1 aromatic rings. The number of benzene rings is 1. The molecule has 0 radical (unpaired) electrons. The van der Waals surface area contributed by atoms with Crippen molar-refractivity contribution in [3.05, 3.63) is 39.9 Å². The average molecular weight is 223 g/mol. The number of nitro benzene ring substituents is 1. The van der Waals surface area contributed by atoms with Gasteiger partial charge in [0.15, 0.2) is 0 Å². The van der Waals surface area contributed by atoms with Gasteiger partial charge in [-0.1, -0.05) is 6.92 Å². The molecule has 0 heterocycles. The molecule has 1 rings (SSSR count). The summed E-state index contributed by atoms with van der Waals surface area (Å²) < 4.78 is 5.08. The second-order valence-corrected chi connectivity index (χ2v) is 3.43. The van der Waals surface area contributed by atoms with Gasteiger partial charge in [-0.05, 0) is 25.5 Å². The summed E-state index contributed by atoms with van der Waals surface area (Å²) in [5.74, 6) is -0.454. The first-order valence-corrected chi connectivity index (χ1v) is 5.00. The summed E-state index contributed by atoms with van der Waals surface area (Å²) in [7, 11) is 0. The smallest absolute Gasteiger partial charge is 0.338 e. The number of nitrogens with zero attached hydrogens (tertiary/aromatic N) is 1. The maximum Gasteiger partial charge on any atom is 0.338 e. The van der Waals surface area contributed by atoms with Gasteiger partial charge in [-0.3, -0.25) is 10.1 Å². The number of hydrogen-bond acceptors (Lipinski definition) is 4. The highest BCUT2D eigenvalue weighted by atomic mass is 16.6. The van der Waals surface area contributed by atoms with Crippen LogP contribution in [-0.2, 0) is 4.74 Å². The van der Waals surface area contributed by atoms with Crippen molar-refractivity contribution in [2.75, 3.05) is 0 Å². The van der Waals surface area contributed by atoms with Crippen LogP contribution in [0, 0.1) is 10.1 Å². The number of esters is 1. The molecule has 0 aliphatic heterocycles. The second-order valence-electron chi connectivity index (χ2n) is 3.43. The normalized spacial score (nSPS) is 11.9. The Balaban J connectivity index is 2.74. The molecule has 0 amide bonds. The summed E-state index contributed by atoms with van der Waals surface area (Å²) in [6.07, 6.45) is 0.585. The zero-order chi connectivity index (χ0) is 12.1. The van der Waals surface area contributed by atoms with Crippen LogP contribution < -0.4 is 0 Å². The van der Waals surface area contributed by atoms with Crippen LogP contribution in [-0.4, -0.2) is 17.0 Å². The van der Waals surface area contributed by atoms with Gasteiger partial charge < -0.3 is 4.74 Å². The van der Waals surface area contributed by atoms with E-state index >= 15 is 0 Å². The average Bonchev–Trinajstić information content (AvgIpc) is 2.28. The predicted octanol–water partition coefficient (Wildman–Crippen LogP) is 2.55. The molecular formula is C11H13NO4. The van der Waals surface area contributed by atoms with Crippen molar-refractivity contribution in [2.45, 2.75) is 26.4 Å². The molecule has 0 saturated heterocycles. The number of carbonyl (C=O) groups excluding carboxylic acids is 1. The third kappa shape index (κ3) is 3.05. The van der Waals surface area contributed by atoms with E-state index in [4.69, 9.17) is 4.74 Å². The third-order valence-electron chi connectivity index (χ3n) is 2.20. The molecule has 0 saturated carbocycles. The lowest BCUT2D eigenvalue weighted by Gasteiger charge is -2.10. The summed E-state index contributed by atoms with van der Waals surface area (Å²) in [6, 6.07) is 5.35. The number of hydrogen-bond donors (Lipinski definition) is 0. The Morgan fingerprint density at radius 3 is 2.44 bits per heavy atom. The number of non-ortho nitro benzene ring substituents is 1. The van der Waals surface area contributed by atoms with Crippen LogP contribution in [0.4, 0.5) is 5.69 Å². The van der Waals surface area contributed by atoms with E-state index in [1.54, 1.807) is 6.92 Å². The summed E-state index contributed by atoms with van der Waals surface area (Å²) in [5.41, 5.74) is 0.283.